The van der Waals surface area contributed by atoms with E-state index in [0.29, 0.717) is 0 Å². The number of hydrogen-bond acceptors (Lipinski definition) is 1. The molecule has 0 bridgehead atoms. The molecule has 1 aromatic heterocycles. The lowest BCUT2D eigenvalue weighted by atomic mass is 9.78. The average molecular weight is 406 g/mol. The third kappa shape index (κ3) is 7.56. The minimum Gasteiger partial charge on any atom is -0.256 e. The quantitative estimate of drug-likeness (QED) is 0.321. The molecule has 0 N–H and O–H groups in total. The summed E-state index contributed by atoms with van der Waals surface area (Å²) in [5.74, 6) is 1.96. The van der Waals surface area contributed by atoms with Gasteiger partial charge >= 0.3 is 0 Å². The topological polar surface area (TPSA) is 12.9 Å². The summed E-state index contributed by atoms with van der Waals surface area (Å²) in [6, 6.07) is 13.6. The second kappa shape index (κ2) is 12.9. The van der Waals surface area contributed by atoms with Gasteiger partial charge in [0.15, 0.2) is 0 Å². The number of aromatic nitrogens is 1. The Hall–Kier alpha value is -1.63. The molecule has 1 nitrogen and oxygen atoms in total. The fourth-order valence-electron chi connectivity index (χ4n) is 5.01. The van der Waals surface area contributed by atoms with Crippen LogP contribution < -0.4 is 0 Å². The summed E-state index contributed by atoms with van der Waals surface area (Å²) < 4.78 is 0. The predicted molar refractivity (Wildman–Crippen MR) is 131 cm³/mol. The zero-order valence-corrected chi connectivity index (χ0v) is 19.5. The van der Waals surface area contributed by atoms with Crippen molar-refractivity contribution in [2.24, 2.45) is 11.8 Å². The number of unbranched alkanes of at least 4 members (excludes halogenated alkanes) is 4. The van der Waals surface area contributed by atoms with Crippen molar-refractivity contribution in [3.8, 4) is 11.3 Å². The molecule has 30 heavy (non-hydrogen) atoms. The molecule has 0 atom stereocenters. The first-order valence-electron chi connectivity index (χ1n) is 12.8. The van der Waals surface area contributed by atoms with E-state index in [-0.39, 0.29) is 0 Å². The number of nitrogens with zero attached hydrogens (tertiary/aromatic N) is 1. The van der Waals surface area contributed by atoms with Crippen LogP contribution in [0.5, 0.6) is 0 Å². The van der Waals surface area contributed by atoms with Crippen molar-refractivity contribution in [3.05, 3.63) is 53.7 Å². The minimum absolute atomic E-state index is 0.937. The Morgan fingerprint density at radius 3 is 1.97 bits per heavy atom. The smallest absolute Gasteiger partial charge is 0.0702 e. The normalized spacial score (nSPS) is 19.1. The second-order valence-corrected chi connectivity index (χ2v) is 9.63. The van der Waals surface area contributed by atoms with Crippen molar-refractivity contribution in [1.82, 2.24) is 4.98 Å². The first-order valence-corrected chi connectivity index (χ1v) is 12.8. The Morgan fingerprint density at radius 2 is 1.33 bits per heavy atom. The van der Waals surface area contributed by atoms with Crippen LogP contribution in [-0.4, -0.2) is 4.98 Å². The highest BCUT2D eigenvalue weighted by atomic mass is 14.7. The molecule has 0 saturated heterocycles. The van der Waals surface area contributed by atoms with Crippen LogP contribution in [0.15, 0.2) is 42.6 Å². The second-order valence-electron chi connectivity index (χ2n) is 9.63. The summed E-state index contributed by atoms with van der Waals surface area (Å²) in [5.41, 5.74) is 5.20. The Kier molecular flexibility index (Phi) is 9.93. The highest BCUT2D eigenvalue weighted by Gasteiger charge is 2.20. The van der Waals surface area contributed by atoms with Crippen molar-refractivity contribution >= 4 is 0 Å². The Bertz CT molecular complexity index is 692. The molecule has 1 fully saturated rings. The van der Waals surface area contributed by atoms with Gasteiger partial charge < -0.3 is 0 Å². The van der Waals surface area contributed by atoms with Gasteiger partial charge in [0.25, 0.3) is 0 Å². The molecular weight excluding hydrogens is 362 g/mol. The molecule has 0 amide bonds. The van der Waals surface area contributed by atoms with Crippen LogP contribution in [-0.2, 0) is 12.8 Å². The zero-order chi connectivity index (χ0) is 21.0. The van der Waals surface area contributed by atoms with Crippen molar-refractivity contribution < 1.29 is 0 Å². The molecule has 2 aromatic rings. The molecule has 1 heteroatoms. The van der Waals surface area contributed by atoms with E-state index in [2.05, 4.69) is 56.4 Å². The monoisotopic (exact) mass is 405 g/mol. The van der Waals surface area contributed by atoms with Crippen LogP contribution in [0.1, 0.15) is 102 Å². The average Bonchev–Trinajstić information content (AvgIpc) is 2.81. The van der Waals surface area contributed by atoms with Crippen molar-refractivity contribution in [2.75, 3.05) is 0 Å². The van der Waals surface area contributed by atoms with Gasteiger partial charge in [-0.3, -0.25) is 4.98 Å². The number of hydrogen-bond donors (Lipinski definition) is 0. The number of pyridine rings is 1. The predicted octanol–water partition coefficient (Wildman–Crippen LogP) is 8.80. The molecule has 0 radical (unpaired) electrons. The molecule has 1 saturated carbocycles. The van der Waals surface area contributed by atoms with E-state index < -0.39 is 0 Å². The molecule has 164 valence electrons. The van der Waals surface area contributed by atoms with Gasteiger partial charge in [0, 0.05) is 11.8 Å². The summed E-state index contributed by atoms with van der Waals surface area (Å²) in [6.45, 7) is 4.59. The van der Waals surface area contributed by atoms with E-state index >= 15 is 0 Å². The van der Waals surface area contributed by atoms with E-state index in [4.69, 9.17) is 4.98 Å². The fraction of sp³-hybridized carbons (Fsp3) is 0.621. The van der Waals surface area contributed by atoms with Gasteiger partial charge in [-0.2, -0.15) is 0 Å². The van der Waals surface area contributed by atoms with E-state index in [9.17, 15) is 0 Å². The molecular formula is C29H43N. The third-order valence-electron chi connectivity index (χ3n) is 7.17. The molecule has 1 heterocycles. The van der Waals surface area contributed by atoms with E-state index in [1.807, 2.05) is 0 Å². The maximum atomic E-state index is 4.77. The number of benzene rings is 1. The minimum atomic E-state index is 0.937. The van der Waals surface area contributed by atoms with Gasteiger partial charge in [-0.1, -0.05) is 108 Å². The van der Waals surface area contributed by atoms with Crippen molar-refractivity contribution in [1.29, 1.82) is 0 Å². The van der Waals surface area contributed by atoms with Gasteiger partial charge in [0.1, 0.15) is 0 Å². The molecule has 0 aliphatic heterocycles. The van der Waals surface area contributed by atoms with Crippen LogP contribution >= 0.6 is 0 Å². The third-order valence-corrected chi connectivity index (χ3v) is 7.17. The highest BCUT2D eigenvalue weighted by Crippen LogP contribution is 2.34. The maximum absolute atomic E-state index is 4.77. The molecule has 0 unspecified atom stereocenters. The lowest BCUT2D eigenvalue weighted by Crippen LogP contribution is -2.15. The number of aryl methyl sites for hydroxylation is 2. The standard InChI is InChI=1S/C29H43N/c1-3-5-7-8-10-25-17-20-28(21-18-25)29-22-19-27(23-30-29)16-15-26-13-11-24(12-14-26)9-6-4-2/h17-24,26H,3-16H2,1-2H3. The van der Waals surface area contributed by atoms with Crippen molar-refractivity contribution in [2.45, 2.75) is 104 Å². The van der Waals surface area contributed by atoms with Crippen LogP contribution in [0.2, 0.25) is 0 Å². The fourth-order valence-corrected chi connectivity index (χ4v) is 5.01. The van der Waals surface area contributed by atoms with E-state index in [1.54, 1.807) is 0 Å². The first kappa shape index (κ1) is 23.0. The zero-order valence-electron chi connectivity index (χ0n) is 19.5. The molecule has 1 aliphatic rings. The first-order chi connectivity index (χ1) is 14.8. The summed E-state index contributed by atoms with van der Waals surface area (Å²) in [6.07, 6.45) is 21.2. The molecule has 1 aliphatic carbocycles. The molecule has 1 aromatic carbocycles. The van der Waals surface area contributed by atoms with Crippen LogP contribution in [0.4, 0.5) is 0 Å². The SMILES string of the molecule is CCCCCCc1ccc(-c2ccc(CCC3CCC(CCCC)CC3)cn2)cc1. The van der Waals surface area contributed by atoms with E-state index in [0.717, 1.165) is 17.5 Å². The Labute approximate surface area is 185 Å². The lowest BCUT2D eigenvalue weighted by Gasteiger charge is -2.28. The van der Waals surface area contributed by atoms with Crippen LogP contribution in [0.25, 0.3) is 11.3 Å². The molecule has 3 rings (SSSR count). The maximum Gasteiger partial charge on any atom is 0.0702 e. The molecule has 0 spiro atoms. The lowest BCUT2D eigenvalue weighted by molar-refractivity contribution is 0.250. The summed E-state index contributed by atoms with van der Waals surface area (Å²) >= 11 is 0. The van der Waals surface area contributed by atoms with Gasteiger partial charge in [0.05, 0.1) is 5.69 Å². The summed E-state index contributed by atoms with van der Waals surface area (Å²) in [5, 5.41) is 0. The Balaban J connectivity index is 1.41. The van der Waals surface area contributed by atoms with Gasteiger partial charge in [-0.15, -0.1) is 0 Å². The van der Waals surface area contributed by atoms with Gasteiger partial charge in [0.2, 0.25) is 0 Å². The number of rotatable bonds is 12. The summed E-state index contributed by atoms with van der Waals surface area (Å²) in [4.78, 5) is 4.77. The van der Waals surface area contributed by atoms with Crippen LogP contribution in [0.3, 0.4) is 0 Å². The Morgan fingerprint density at radius 1 is 0.667 bits per heavy atom. The largest absolute Gasteiger partial charge is 0.256 e. The summed E-state index contributed by atoms with van der Waals surface area (Å²) in [7, 11) is 0. The van der Waals surface area contributed by atoms with Crippen LogP contribution in [0, 0.1) is 11.8 Å². The van der Waals surface area contributed by atoms with Crippen molar-refractivity contribution in [3.63, 3.8) is 0 Å². The van der Waals surface area contributed by atoms with E-state index in [1.165, 1.54) is 107 Å². The van der Waals surface area contributed by atoms with Gasteiger partial charge in [-0.05, 0) is 54.7 Å². The highest BCUT2D eigenvalue weighted by molar-refractivity contribution is 5.59. The van der Waals surface area contributed by atoms with Gasteiger partial charge in [-0.25, -0.2) is 0 Å².